The Morgan fingerprint density at radius 1 is 1.09 bits per heavy atom. The van der Waals surface area contributed by atoms with Gasteiger partial charge in [-0.05, 0) is 31.0 Å². The van der Waals surface area contributed by atoms with E-state index in [4.69, 9.17) is 18.9 Å². The molecule has 0 spiro atoms. The van der Waals surface area contributed by atoms with Crippen LogP contribution in [0, 0.1) is 0 Å². The Kier molecular flexibility index (Phi) is 6.09. The van der Waals surface area contributed by atoms with Crippen LogP contribution < -0.4 is 14.4 Å². The van der Waals surface area contributed by atoms with Crippen molar-refractivity contribution in [2.75, 3.05) is 38.3 Å². The lowest BCUT2D eigenvalue weighted by Gasteiger charge is -2.40. The third-order valence-electron chi connectivity index (χ3n) is 6.51. The maximum atomic E-state index is 13.3. The van der Waals surface area contributed by atoms with Crippen LogP contribution in [0.15, 0.2) is 42.5 Å². The second kappa shape index (κ2) is 9.31. The zero-order valence-electron chi connectivity index (χ0n) is 18.7. The Labute approximate surface area is 193 Å². The zero-order valence-corrected chi connectivity index (χ0v) is 18.7. The molecule has 8 nitrogen and oxygen atoms in total. The molecule has 0 radical (unpaired) electrons. The van der Waals surface area contributed by atoms with Gasteiger partial charge in [-0.25, -0.2) is 4.79 Å². The highest BCUT2D eigenvalue weighted by atomic mass is 16.6. The third-order valence-corrected chi connectivity index (χ3v) is 6.51. The van der Waals surface area contributed by atoms with Crippen LogP contribution in [0.3, 0.4) is 0 Å². The molecule has 33 heavy (non-hydrogen) atoms. The number of hydrogen-bond donors (Lipinski definition) is 0. The Balaban J connectivity index is 1.26. The van der Waals surface area contributed by atoms with Crippen LogP contribution in [-0.2, 0) is 16.1 Å². The standard InChI is InChI=1S/C25H28N2O6/c1-30-23-14-19(33-20-10-13-31-16-20)6-7-21(23)24(28)26-11-8-18(9-12-26)27-22-5-3-2-4-17(22)15-32-25(27)29/h2-7,14,18,20H,8-13,15-16H2,1H3/t20-/m1/s1. The number of amides is 2. The number of fused-ring (bicyclic) bond motifs is 1. The van der Waals surface area contributed by atoms with Crippen LogP contribution in [0.4, 0.5) is 10.5 Å². The molecule has 8 heteroatoms. The molecule has 3 aliphatic heterocycles. The minimum absolute atomic E-state index is 0.00528. The smallest absolute Gasteiger partial charge is 0.414 e. The van der Waals surface area contributed by atoms with E-state index in [1.807, 2.05) is 35.2 Å². The molecule has 174 valence electrons. The quantitative estimate of drug-likeness (QED) is 0.690. The summed E-state index contributed by atoms with van der Waals surface area (Å²) in [5.41, 5.74) is 2.42. The van der Waals surface area contributed by atoms with Crippen molar-refractivity contribution in [1.29, 1.82) is 0 Å². The van der Waals surface area contributed by atoms with Gasteiger partial charge in [-0.3, -0.25) is 9.69 Å². The van der Waals surface area contributed by atoms with Crippen LogP contribution in [0.25, 0.3) is 0 Å². The third kappa shape index (κ3) is 4.35. The molecule has 3 aliphatic rings. The molecule has 2 saturated heterocycles. The second-order valence-electron chi connectivity index (χ2n) is 8.54. The van der Waals surface area contributed by atoms with Gasteiger partial charge in [0.25, 0.3) is 5.91 Å². The highest BCUT2D eigenvalue weighted by Gasteiger charge is 2.35. The average molecular weight is 453 g/mol. The molecule has 0 unspecified atom stereocenters. The predicted octanol–water partition coefficient (Wildman–Crippen LogP) is 3.62. The predicted molar refractivity (Wildman–Crippen MR) is 121 cm³/mol. The average Bonchev–Trinajstić information content (AvgIpc) is 3.37. The highest BCUT2D eigenvalue weighted by molar-refractivity contribution is 5.97. The fourth-order valence-electron chi connectivity index (χ4n) is 4.74. The molecule has 0 aromatic heterocycles. The van der Waals surface area contributed by atoms with E-state index in [-0.39, 0.29) is 24.1 Å². The van der Waals surface area contributed by atoms with E-state index in [0.717, 1.165) is 17.7 Å². The SMILES string of the molecule is COc1cc(O[C@@H]2CCOC2)ccc1C(=O)N1CCC(N2C(=O)OCc3ccccc32)CC1. The number of rotatable bonds is 5. The van der Waals surface area contributed by atoms with Crippen molar-refractivity contribution >= 4 is 17.7 Å². The van der Waals surface area contributed by atoms with Gasteiger partial charge in [0, 0.05) is 37.2 Å². The van der Waals surface area contributed by atoms with Gasteiger partial charge in [0.05, 0.1) is 31.6 Å². The van der Waals surface area contributed by atoms with Crippen LogP contribution in [-0.4, -0.2) is 62.5 Å². The first kappa shape index (κ1) is 21.6. The number of piperidine rings is 1. The summed E-state index contributed by atoms with van der Waals surface area (Å²) in [6.07, 6.45) is 1.93. The summed E-state index contributed by atoms with van der Waals surface area (Å²) < 4.78 is 22.2. The molecule has 0 N–H and O–H groups in total. The molecule has 3 heterocycles. The second-order valence-corrected chi connectivity index (χ2v) is 8.54. The normalized spacial score (nSPS) is 20.9. The van der Waals surface area contributed by atoms with Crippen molar-refractivity contribution in [2.45, 2.75) is 38.0 Å². The number of carbonyl (C=O) groups is 2. The number of cyclic esters (lactones) is 1. The molecular weight excluding hydrogens is 424 g/mol. The molecular formula is C25H28N2O6. The Hall–Kier alpha value is -3.26. The van der Waals surface area contributed by atoms with Crippen molar-refractivity contribution in [3.8, 4) is 11.5 Å². The fraction of sp³-hybridized carbons (Fsp3) is 0.440. The summed E-state index contributed by atoms with van der Waals surface area (Å²) in [5.74, 6) is 1.08. The summed E-state index contributed by atoms with van der Waals surface area (Å²) in [7, 11) is 1.56. The number of carbonyl (C=O) groups excluding carboxylic acids is 2. The minimum Gasteiger partial charge on any atom is -0.496 e. The molecule has 2 aromatic rings. The van der Waals surface area contributed by atoms with Gasteiger partial charge in [0.2, 0.25) is 0 Å². The zero-order chi connectivity index (χ0) is 22.8. The van der Waals surface area contributed by atoms with E-state index >= 15 is 0 Å². The van der Waals surface area contributed by atoms with E-state index in [9.17, 15) is 9.59 Å². The number of para-hydroxylation sites is 1. The maximum absolute atomic E-state index is 13.3. The lowest BCUT2D eigenvalue weighted by Crippen LogP contribution is -2.50. The van der Waals surface area contributed by atoms with Crippen molar-refractivity contribution in [3.05, 3.63) is 53.6 Å². The number of nitrogens with zero attached hydrogens (tertiary/aromatic N) is 2. The number of likely N-dealkylation sites (tertiary alicyclic amines) is 1. The molecule has 5 rings (SSSR count). The van der Waals surface area contributed by atoms with Gasteiger partial charge in [-0.15, -0.1) is 0 Å². The Morgan fingerprint density at radius 3 is 2.67 bits per heavy atom. The Morgan fingerprint density at radius 2 is 1.91 bits per heavy atom. The van der Waals surface area contributed by atoms with Crippen LogP contribution in [0.5, 0.6) is 11.5 Å². The van der Waals surface area contributed by atoms with Crippen LogP contribution in [0.2, 0.25) is 0 Å². The highest BCUT2D eigenvalue weighted by Crippen LogP contribution is 2.33. The molecule has 2 fully saturated rings. The molecule has 0 saturated carbocycles. The first-order valence-corrected chi connectivity index (χ1v) is 11.4. The number of methoxy groups -OCH3 is 1. The van der Waals surface area contributed by atoms with Crippen molar-refractivity contribution in [2.24, 2.45) is 0 Å². The van der Waals surface area contributed by atoms with Crippen LogP contribution >= 0.6 is 0 Å². The number of anilines is 1. The van der Waals surface area contributed by atoms with E-state index in [0.29, 0.717) is 62.8 Å². The van der Waals surface area contributed by atoms with Gasteiger partial charge >= 0.3 is 6.09 Å². The summed E-state index contributed by atoms with van der Waals surface area (Å²) in [5, 5.41) is 0. The van der Waals surface area contributed by atoms with Crippen molar-refractivity contribution in [1.82, 2.24) is 4.90 Å². The fourth-order valence-corrected chi connectivity index (χ4v) is 4.74. The molecule has 1 atom stereocenters. The van der Waals surface area contributed by atoms with Gasteiger partial charge in [0.15, 0.2) is 0 Å². The molecule has 0 bridgehead atoms. The lowest BCUT2D eigenvalue weighted by atomic mass is 10.00. The van der Waals surface area contributed by atoms with Crippen LogP contribution in [0.1, 0.15) is 35.2 Å². The van der Waals surface area contributed by atoms with Crippen molar-refractivity contribution in [3.63, 3.8) is 0 Å². The van der Waals surface area contributed by atoms with E-state index in [2.05, 4.69) is 0 Å². The van der Waals surface area contributed by atoms with E-state index in [1.54, 1.807) is 24.1 Å². The summed E-state index contributed by atoms with van der Waals surface area (Å²) in [4.78, 5) is 29.4. The van der Waals surface area contributed by atoms with Crippen molar-refractivity contribution < 1.29 is 28.5 Å². The number of hydrogen-bond acceptors (Lipinski definition) is 6. The summed E-state index contributed by atoms with van der Waals surface area (Å²) in [6, 6.07) is 13.1. The van der Waals surface area contributed by atoms with E-state index in [1.165, 1.54) is 0 Å². The summed E-state index contributed by atoms with van der Waals surface area (Å²) >= 11 is 0. The van der Waals surface area contributed by atoms with Gasteiger partial charge < -0.3 is 23.8 Å². The monoisotopic (exact) mass is 452 g/mol. The van der Waals surface area contributed by atoms with Gasteiger partial charge in [0.1, 0.15) is 24.2 Å². The molecule has 2 aromatic carbocycles. The molecule has 0 aliphatic carbocycles. The first-order valence-electron chi connectivity index (χ1n) is 11.4. The topological polar surface area (TPSA) is 77.5 Å². The maximum Gasteiger partial charge on any atom is 0.414 e. The van der Waals surface area contributed by atoms with E-state index < -0.39 is 0 Å². The lowest BCUT2D eigenvalue weighted by molar-refractivity contribution is 0.0705. The summed E-state index contributed by atoms with van der Waals surface area (Å²) in [6.45, 7) is 2.69. The largest absolute Gasteiger partial charge is 0.496 e. The number of ether oxygens (including phenoxy) is 4. The number of benzene rings is 2. The van der Waals surface area contributed by atoms with Gasteiger partial charge in [-0.1, -0.05) is 18.2 Å². The minimum atomic E-state index is -0.316. The Bertz CT molecular complexity index is 1030. The molecule has 2 amide bonds. The first-order chi connectivity index (χ1) is 16.1. The van der Waals surface area contributed by atoms with Gasteiger partial charge in [-0.2, -0.15) is 0 Å².